The summed E-state index contributed by atoms with van der Waals surface area (Å²) in [5.74, 6) is 3.08. The molecule has 0 N–H and O–H groups in total. The van der Waals surface area contributed by atoms with Gasteiger partial charge in [0.05, 0.1) is 6.54 Å². The maximum atomic E-state index is 5.92. The van der Waals surface area contributed by atoms with Crippen LogP contribution in [-0.2, 0) is 17.8 Å². The molecule has 5 rings (SSSR count). The molecule has 0 bridgehead atoms. The average molecular weight is 366 g/mol. The monoisotopic (exact) mass is 366 g/mol. The summed E-state index contributed by atoms with van der Waals surface area (Å²) in [5.41, 5.74) is 2.30. The zero-order valence-electron chi connectivity index (χ0n) is 15.8. The summed E-state index contributed by atoms with van der Waals surface area (Å²) in [6, 6.07) is 6.47. The lowest BCUT2D eigenvalue weighted by molar-refractivity contribution is 0.110. The van der Waals surface area contributed by atoms with Gasteiger partial charge in [0.15, 0.2) is 0 Å². The first-order chi connectivity index (χ1) is 13.3. The third-order valence-electron chi connectivity index (χ3n) is 5.62. The second-order valence-corrected chi connectivity index (χ2v) is 7.93. The molecule has 142 valence electrons. The molecule has 27 heavy (non-hydrogen) atoms. The van der Waals surface area contributed by atoms with E-state index in [2.05, 4.69) is 48.9 Å². The van der Waals surface area contributed by atoms with Gasteiger partial charge in [0.1, 0.15) is 12.1 Å². The number of aryl methyl sites for hydroxylation is 1. The van der Waals surface area contributed by atoms with Crippen molar-refractivity contribution in [2.24, 2.45) is 11.8 Å². The van der Waals surface area contributed by atoms with Gasteiger partial charge >= 0.3 is 0 Å². The Bertz CT molecular complexity index is 928. The number of nitrogens with zero attached hydrogens (tertiary/aromatic N) is 6. The quantitative estimate of drug-likeness (QED) is 0.628. The summed E-state index contributed by atoms with van der Waals surface area (Å²) < 4.78 is 10.2. The van der Waals surface area contributed by atoms with Gasteiger partial charge in [-0.2, -0.15) is 14.6 Å². The molecule has 1 aliphatic carbocycles. The molecule has 0 spiro atoms. The van der Waals surface area contributed by atoms with Crippen molar-refractivity contribution in [3.63, 3.8) is 0 Å². The normalized spacial score (nSPS) is 20.0. The topological polar surface area (TPSA) is 60.5 Å². The van der Waals surface area contributed by atoms with Crippen LogP contribution in [0.5, 0.6) is 0 Å². The molecule has 7 nitrogen and oxygen atoms in total. The summed E-state index contributed by atoms with van der Waals surface area (Å²) in [4.78, 5) is 11.2. The summed E-state index contributed by atoms with van der Waals surface area (Å²) in [6.45, 7) is 6.68. The third-order valence-corrected chi connectivity index (χ3v) is 5.62. The van der Waals surface area contributed by atoms with Crippen LogP contribution in [0.4, 0.5) is 5.82 Å². The highest BCUT2D eigenvalue weighted by atomic mass is 16.5. The second kappa shape index (κ2) is 6.96. The Kier molecular flexibility index (Phi) is 4.32. The first-order valence-corrected chi connectivity index (χ1v) is 9.90. The number of aromatic nitrogens is 5. The molecule has 7 heteroatoms. The SMILES string of the molecule is Cc1cc(N2Cc3cccn3C[C@H](CCOCC3CC3)C2)n2ncnc2n1. The maximum absolute atomic E-state index is 5.92. The van der Waals surface area contributed by atoms with Crippen LogP contribution in [0.25, 0.3) is 5.78 Å². The first kappa shape index (κ1) is 16.7. The fraction of sp³-hybridized carbons (Fsp3) is 0.550. The van der Waals surface area contributed by atoms with Crippen molar-refractivity contribution in [3.05, 3.63) is 42.1 Å². The van der Waals surface area contributed by atoms with Crippen molar-refractivity contribution < 1.29 is 4.74 Å². The lowest BCUT2D eigenvalue weighted by atomic mass is 10.1. The van der Waals surface area contributed by atoms with Crippen LogP contribution in [0.3, 0.4) is 0 Å². The zero-order valence-corrected chi connectivity index (χ0v) is 15.8. The molecule has 2 aliphatic rings. The van der Waals surface area contributed by atoms with E-state index in [1.165, 1.54) is 18.5 Å². The Morgan fingerprint density at radius 3 is 3.04 bits per heavy atom. The van der Waals surface area contributed by atoms with E-state index in [0.29, 0.717) is 11.7 Å². The number of fused-ring (bicyclic) bond motifs is 2. The van der Waals surface area contributed by atoms with Crippen LogP contribution in [-0.4, -0.2) is 43.9 Å². The number of hydrogen-bond donors (Lipinski definition) is 0. The largest absolute Gasteiger partial charge is 0.381 e. The van der Waals surface area contributed by atoms with E-state index in [9.17, 15) is 0 Å². The van der Waals surface area contributed by atoms with Gasteiger partial charge in [0.2, 0.25) is 0 Å². The fourth-order valence-electron chi connectivity index (χ4n) is 3.96. The van der Waals surface area contributed by atoms with E-state index in [0.717, 1.165) is 56.7 Å². The molecule has 0 aromatic carbocycles. The van der Waals surface area contributed by atoms with Gasteiger partial charge in [0, 0.05) is 50.0 Å². The lowest BCUT2D eigenvalue weighted by Gasteiger charge is -2.26. The van der Waals surface area contributed by atoms with Crippen molar-refractivity contribution in [2.75, 3.05) is 24.7 Å². The van der Waals surface area contributed by atoms with E-state index in [-0.39, 0.29) is 0 Å². The van der Waals surface area contributed by atoms with Crippen LogP contribution >= 0.6 is 0 Å². The van der Waals surface area contributed by atoms with Crippen LogP contribution in [0.2, 0.25) is 0 Å². The van der Waals surface area contributed by atoms with Crippen LogP contribution in [0, 0.1) is 18.8 Å². The Hall–Kier alpha value is -2.41. The number of rotatable bonds is 6. The zero-order chi connectivity index (χ0) is 18.2. The van der Waals surface area contributed by atoms with Crippen molar-refractivity contribution in [1.82, 2.24) is 24.1 Å². The Labute approximate surface area is 159 Å². The molecule has 1 fully saturated rings. The van der Waals surface area contributed by atoms with Crippen LogP contribution < -0.4 is 4.90 Å². The minimum Gasteiger partial charge on any atom is -0.381 e. The van der Waals surface area contributed by atoms with E-state index in [4.69, 9.17) is 4.74 Å². The molecule has 1 aliphatic heterocycles. The molecule has 0 unspecified atom stereocenters. The van der Waals surface area contributed by atoms with Gasteiger partial charge in [-0.1, -0.05) is 0 Å². The van der Waals surface area contributed by atoms with E-state index < -0.39 is 0 Å². The van der Waals surface area contributed by atoms with Gasteiger partial charge in [-0.15, -0.1) is 0 Å². The molecule has 0 radical (unpaired) electrons. The van der Waals surface area contributed by atoms with Crippen molar-refractivity contribution >= 4 is 11.6 Å². The molecule has 0 saturated heterocycles. The van der Waals surface area contributed by atoms with Gasteiger partial charge < -0.3 is 14.2 Å². The molecule has 3 aromatic heterocycles. The van der Waals surface area contributed by atoms with Crippen molar-refractivity contribution in [2.45, 2.75) is 39.3 Å². The van der Waals surface area contributed by atoms with Crippen LogP contribution in [0.15, 0.2) is 30.7 Å². The predicted molar refractivity (Wildman–Crippen MR) is 103 cm³/mol. The molecule has 3 aromatic rings. The van der Waals surface area contributed by atoms with Crippen LogP contribution in [0.1, 0.15) is 30.7 Å². The van der Waals surface area contributed by atoms with Gasteiger partial charge in [0.25, 0.3) is 5.78 Å². The Morgan fingerprint density at radius 1 is 1.22 bits per heavy atom. The average Bonchev–Trinajstić information content (AvgIpc) is 3.25. The first-order valence-electron chi connectivity index (χ1n) is 9.90. The van der Waals surface area contributed by atoms with Crippen molar-refractivity contribution in [1.29, 1.82) is 0 Å². The highest BCUT2D eigenvalue weighted by Crippen LogP contribution is 2.29. The van der Waals surface area contributed by atoms with Gasteiger partial charge in [-0.25, -0.2) is 4.98 Å². The molecule has 4 heterocycles. The number of hydrogen-bond acceptors (Lipinski definition) is 5. The predicted octanol–water partition coefficient (Wildman–Crippen LogP) is 2.69. The number of ether oxygens (including phenoxy) is 1. The van der Waals surface area contributed by atoms with E-state index in [1.807, 2.05) is 11.4 Å². The fourth-order valence-corrected chi connectivity index (χ4v) is 3.96. The summed E-state index contributed by atoms with van der Waals surface area (Å²) in [5, 5.41) is 4.41. The minimum atomic E-state index is 0.532. The lowest BCUT2D eigenvalue weighted by Crippen LogP contribution is -2.30. The Morgan fingerprint density at radius 2 is 2.15 bits per heavy atom. The maximum Gasteiger partial charge on any atom is 0.254 e. The van der Waals surface area contributed by atoms with Gasteiger partial charge in [-0.05, 0) is 50.2 Å². The van der Waals surface area contributed by atoms with E-state index in [1.54, 1.807) is 6.33 Å². The highest BCUT2D eigenvalue weighted by molar-refractivity contribution is 5.47. The third kappa shape index (κ3) is 3.56. The molecule has 1 atom stereocenters. The van der Waals surface area contributed by atoms with Gasteiger partial charge in [-0.3, -0.25) is 0 Å². The number of anilines is 1. The standard InChI is InChI=1S/C20H26N6O/c1-15-9-19(26-20(23-15)21-14-22-26)25-11-17(6-8-27-13-16-4-5-16)10-24-7-2-3-18(24)12-25/h2-3,7,9,14,16-17H,4-6,8,10-13H2,1H3/t17-/m0/s1. The second-order valence-electron chi connectivity index (χ2n) is 7.93. The summed E-state index contributed by atoms with van der Waals surface area (Å²) in [6.07, 6.45) is 7.54. The highest BCUT2D eigenvalue weighted by Gasteiger charge is 2.25. The van der Waals surface area contributed by atoms with E-state index >= 15 is 0 Å². The summed E-state index contributed by atoms with van der Waals surface area (Å²) in [7, 11) is 0. The molecule has 1 saturated carbocycles. The smallest absolute Gasteiger partial charge is 0.254 e. The summed E-state index contributed by atoms with van der Waals surface area (Å²) >= 11 is 0. The Balaban J connectivity index is 1.39. The molecular formula is C20H26N6O. The molecule has 0 amide bonds. The minimum absolute atomic E-state index is 0.532. The molecular weight excluding hydrogens is 340 g/mol. The van der Waals surface area contributed by atoms with Crippen molar-refractivity contribution in [3.8, 4) is 0 Å².